The predicted molar refractivity (Wildman–Crippen MR) is 184 cm³/mol. The number of carbonyl (C=O) groups excluding carboxylic acids is 2. The van der Waals surface area contributed by atoms with E-state index in [0.29, 0.717) is 29.9 Å². The second-order valence-corrected chi connectivity index (χ2v) is 14.9. The Kier molecular flexibility index (Phi) is 10.7. The minimum absolute atomic E-state index is 0.0252. The van der Waals surface area contributed by atoms with Crippen molar-refractivity contribution in [2.45, 2.75) is 56.1 Å². The lowest BCUT2D eigenvalue weighted by Gasteiger charge is -2.31. The maximum Gasteiger partial charge on any atom is 0.407 e. The average molecular weight is 691 g/mol. The highest BCUT2D eigenvalue weighted by molar-refractivity contribution is 7.89. The third-order valence-corrected chi connectivity index (χ3v) is 10.7. The van der Waals surface area contributed by atoms with Gasteiger partial charge in [-0.05, 0) is 54.7 Å². The molecular formula is C36H42N4O8S. The van der Waals surface area contributed by atoms with E-state index in [-0.39, 0.29) is 48.8 Å². The van der Waals surface area contributed by atoms with Gasteiger partial charge in [-0.1, -0.05) is 62.4 Å². The molecule has 3 aliphatic heterocycles. The second-order valence-electron chi connectivity index (χ2n) is 12.9. The smallest absolute Gasteiger partial charge is 0.407 e. The first-order chi connectivity index (χ1) is 23.6. The fourth-order valence-electron chi connectivity index (χ4n) is 6.35. The Morgan fingerprint density at radius 1 is 1.06 bits per heavy atom. The number of rotatable bonds is 13. The molecule has 2 saturated heterocycles. The number of aliphatic hydroxyl groups is 1. The Hall–Kier alpha value is -4.27. The van der Waals surface area contributed by atoms with Crippen LogP contribution < -0.4 is 16.0 Å². The number of para-hydroxylation sites is 1. The normalized spacial score (nSPS) is 22.1. The number of ether oxygens (including phenoxy) is 3. The van der Waals surface area contributed by atoms with Crippen LogP contribution in [0.25, 0.3) is 5.57 Å². The fraction of sp³-hybridized carbons (Fsp3) is 0.389. The molecule has 4 N–H and O–H groups in total. The molecule has 3 aliphatic rings. The molecule has 49 heavy (non-hydrogen) atoms. The van der Waals surface area contributed by atoms with Gasteiger partial charge >= 0.3 is 6.09 Å². The quantitative estimate of drug-likeness (QED) is 0.193. The van der Waals surface area contributed by atoms with Crippen LogP contribution in [0, 0.1) is 11.8 Å². The number of hydrogen-bond donors (Lipinski definition) is 4. The van der Waals surface area contributed by atoms with Crippen molar-refractivity contribution in [2.24, 2.45) is 11.8 Å². The second kappa shape index (κ2) is 15.1. The number of alkyl carbamates (subject to hydrolysis) is 1. The maximum atomic E-state index is 14.2. The first-order valence-corrected chi connectivity index (χ1v) is 17.9. The number of fused-ring (bicyclic) bond motifs is 2. The molecule has 260 valence electrons. The van der Waals surface area contributed by atoms with Crippen LogP contribution in [0.15, 0.2) is 90.0 Å². The summed E-state index contributed by atoms with van der Waals surface area (Å²) >= 11 is 0. The Morgan fingerprint density at radius 2 is 1.80 bits per heavy atom. The van der Waals surface area contributed by atoms with Crippen LogP contribution in [0.5, 0.6) is 0 Å². The van der Waals surface area contributed by atoms with Crippen LogP contribution in [0.2, 0.25) is 0 Å². The molecule has 5 atom stereocenters. The van der Waals surface area contributed by atoms with Gasteiger partial charge in [0, 0.05) is 36.2 Å². The number of aliphatic hydroxyl groups excluding tert-OH is 1. The molecule has 0 spiro atoms. The summed E-state index contributed by atoms with van der Waals surface area (Å²) in [6.45, 7) is 4.34. The Balaban J connectivity index is 1.22. The van der Waals surface area contributed by atoms with E-state index in [1.165, 1.54) is 16.4 Å². The first-order valence-electron chi connectivity index (χ1n) is 16.5. The fourth-order valence-corrected chi connectivity index (χ4v) is 7.99. The third kappa shape index (κ3) is 8.14. The highest BCUT2D eigenvalue weighted by Crippen LogP contribution is 2.35. The lowest BCUT2D eigenvalue weighted by atomic mass is 10.0. The molecule has 6 rings (SSSR count). The molecule has 0 aliphatic carbocycles. The van der Waals surface area contributed by atoms with Crippen LogP contribution >= 0.6 is 0 Å². The molecule has 3 aromatic carbocycles. The van der Waals surface area contributed by atoms with Crippen LogP contribution in [-0.4, -0.2) is 80.7 Å². The van der Waals surface area contributed by atoms with Crippen molar-refractivity contribution in [1.29, 1.82) is 0 Å². The van der Waals surface area contributed by atoms with Crippen molar-refractivity contribution in [2.75, 3.05) is 36.9 Å². The molecular weight excluding hydrogens is 648 g/mol. The number of nitrogens with one attached hydrogen (secondary N) is 3. The first kappa shape index (κ1) is 34.6. The zero-order valence-electron chi connectivity index (χ0n) is 27.5. The number of benzene rings is 3. The number of sulfonamides is 1. The molecule has 13 heteroatoms. The van der Waals surface area contributed by atoms with Crippen LogP contribution in [0.3, 0.4) is 0 Å². The Morgan fingerprint density at radius 3 is 2.53 bits per heavy atom. The van der Waals surface area contributed by atoms with E-state index in [1.54, 1.807) is 12.3 Å². The summed E-state index contributed by atoms with van der Waals surface area (Å²) in [7, 11) is -4.17. The molecule has 5 unspecified atom stereocenters. The van der Waals surface area contributed by atoms with Crippen LogP contribution in [0.4, 0.5) is 16.2 Å². The van der Waals surface area contributed by atoms with Crippen molar-refractivity contribution in [3.8, 4) is 0 Å². The van der Waals surface area contributed by atoms with Gasteiger partial charge in [0.1, 0.15) is 6.10 Å². The topological polar surface area (TPSA) is 156 Å². The maximum absolute atomic E-state index is 14.2. The molecule has 2 fully saturated rings. The molecule has 12 nitrogen and oxygen atoms in total. The third-order valence-electron chi connectivity index (χ3n) is 8.84. The molecule has 0 saturated carbocycles. The van der Waals surface area contributed by atoms with E-state index in [0.717, 1.165) is 11.3 Å². The summed E-state index contributed by atoms with van der Waals surface area (Å²) in [5.74, 6) is -0.499. The summed E-state index contributed by atoms with van der Waals surface area (Å²) < 4.78 is 46.6. The lowest BCUT2D eigenvalue weighted by molar-refractivity contribution is -0.110. The monoisotopic (exact) mass is 690 g/mol. The highest BCUT2D eigenvalue weighted by atomic mass is 32.2. The molecule has 0 aromatic heterocycles. The van der Waals surface area contributed by atoms with Crippen LogP contribution in [-0.2, 0) is 35.4 Å². The van der Waals surface area contributed by atoms with Gasteiger partial charge in [-0.3, -0.25) is 4.79 Å². The summed E-state index contributed by atoms with van der Waals surface area (Å²) in [6, 6.07) is 22.2. The number of nitrogens with zero attached hydrogens (tertiary/aromatic N) is 1. The van der Waals surface area contributed by atoms with Crippen molar-refractivity contribution in [3.63, 3.8) is 0 Å². The molecule has 0 bridgehead atoms. The lowest BCUT2D eigenvalue weighted by Crippen LogP contribution is -2.51. The average Bonchev–Trinajstić information content (AvgIpc) is 3.79. The van der Waals surface area contributed by atoms with E-state index >= 15 is 0 Å². The van der Waals surface area contributed by atoms with Crippen molar-refractivity contribution in [1.82, 2.24) is 9.62 Å². The highest BCUT2D eigenvalue weighted by Gasteiger charge is 2.44. The van der Waals surface area contributed by atoms with Gasteiger partial charge < -0.3 is 35.3 Å². The number of hydrogen-bond acceptors (Lipinski definition) is 9. The molecule has 0 radical (unpaired) electrons. The van der Waals surface area contributed by atoms with Gasteiger partial charge in [-0.2, -0.15) is 4.31 Å². The number of amides is 2. The van der Waals surface area contributed by atoms with Crippen molar-refractivity contribution in [3.05, 3.63) is 96.2 Å². The zero-order valence-corrected chi connectivity index (χ0v) is 28.3. The van der Waals surface area contributed by atoms with Gasteiger partial charge in [0.15, 0.2) is 6.29 Å². The van der Waals surface area contributed by atoms with Gasteiger partial charge in [0.25, 0.3) is 5.91 Å². The van der Waals surface area contributed by atoms with Crippen molar-refractivity contribution < 1.29 is 37.3 Å². The van der Waals surface area contributed by atoms with Gasteiger partial charge in [-0.15, -0.1) is 0 Å². The van der Waals surface area contributed by atoms with Gasteiger partial charge in [0.05, 0.1) is 41.7 Å². The molecule has 3 aromatic rings. The summed E-state index contributed by atoms with van der Waals surface area (Å²) in [4.78, 5) is 26.0. The van der Waals surface area contributed by atoms with E-state index in [1.807, 2.05) is 74.5 Å². The van der Waals surface area contributed by atoms with Crippen molar-refractivity contribution >= 4 is 39.0 Å². The van der Waals surface area contributed by atoms with Crippen LogP contribution in [0.1, 0.15) is 31.4 Å². The summed E-state index contributed by atoms with van der Waals surface area (Å²) in [5.41, 5.74) is 2.84. The Bertz CT molecular complexity index is 1770. The minimum atomic E-state index is -4.17. The minimum Gasteiger partial charge on any atom is -0.443 e. The summed E-state index contributed by atoms with van der Waals surface area (Å²) in [5, 5.41) is 20.3. The van der Waals surface area contributed by atoms with Gasteiger partial charge in [-0.25, -0.2) is 13.2 Å². The number of carbonyl (C=O) groups is 2. The van der Waals surface area contributed by atoms with E-state index in [9.17, 15) is 23.1 Å². The van der Waals surface area contributed by atoms with E-state index in [4.69, 9.17) is 14.2 Å². The zero-order chi connectivity index (χ0) is 34.5. The van der Waals surface area contributed by atoms with Gasteiger partial charge in [0.2, 0.25) is 10.0 Å². The van der Waals surface area contributed by atoms with E-state index < -0.39 is 40.7 Å². The largest absolute Gasteiger partial charge is 0.443 e. The number of anilines is 2. The summed E-state index contributed by atoms with van der Waals surface area (Å²) in [6.07, 6.45) is -0.391. The van der Waals surface area contributed by atoms with E-state index in [2.05, 4.69) is 16.0 Å². The SMILES string of the molecule is CC(C)CN(CC(O)C(Cc1ccccc1)NC(=O)OC1COC2OCCC12)S(=O)(=O)c1ccc2c(c1)/C(=C\Nc1ccccc1)C(=O)N2. The Labute approximate surface area is 286 Å². The standard InChI is InChI=1S/C36H42N4O8S/c1-23(2)20-40(49(44,45)26-13-14-30-28(18-26)29(34(42)38-30)19-37-25-11-7-4-8-12-25)21-32(41)31(17-24-9-5-3-6-10-24)39-36(43)48-33-22-47-35-27(33)15-16-46-35/h3-14,18-19,23,27,31-33,35,37,41H,15-17,20-22H2,1-2H3,(H,38,42)(H,39,43)/b29-19+. The predicted octanol–water partition coefficient (Wildman–Crippen LogP) is 4.20. The molecule has 2 amide bonds. The molecule has 3 heterocycles.